The van der Waals surface area contributed by atoms with Crippen LogP contribution in [0.4, 0.5) is 0 Å². The number of hydrogen-bond acceptors (Lipinski definition) is 4. The molecule has 1 saturated heterocycles. The molecular weight excluding hydrogens is 230 g/mol. The molecule has 1 N–H and O–H groups in total. The molecule has 4 heteroatoms. The Labute approximate surface area is 109 Å². The maximum atomic E-state index is 4.64. The van der Waals surface area contributed by atoms with Gasteiger partial charge in [0.1, 0.15) is 0 Å². The lowest BCUT2D eigenvalue weighted by atomic mass is 9.97. The average Bonchev–Trinajstić information content (AvgIpc) is 2.30. The minimum absolute atomic E-state index is 0.378. The van der Waals surface area contributed by atoms with Crippen LogP contribution in [0, 0.1) is 11.3 Å². The summed E-state index contributed by atoms with van der Waals surface area (Å²) < 4.78 is 0. The fraction of sp³-hybridized carbons (Fsp3) is 0.923. The van der Waals surface area contributed by atoms with Crippen molar-refractivity contribution in [1.29, 1.82) is 0 Å². The molecule has 1 fully saturated rings. The lowest BCUT2D eigenvalue weighted by Crippen LogP contribution is -2.38. The van der Waals surface area contributed by atoms with Crippen LogP contribution in [0.1, 0.15) is 26.7 Å². The summed E-state index contributed by atoms with van der Waals surface area (Å²) in [6, 6.07) is 0. The smallest absolute Gasteiger partial charge is 0.156 e. The van der Waals surface area contributed by atoms with Gasteiger partial charge in [0.2, 0.25) is 0 Å². The van der Waals surface area contributed by atoms with E-state index in [2.05, 4.69) is 36.1 Å². The number of amidine groups is 1. The van der Waals surface area contributed by atoms with Crippen molar-refractivity contribution in [2.24, 2.45) is 16.3 Å². The van der Waals surface area contributed by atoms with Crippen LogP contribution in [0.2, 0.25) is 0 Å². The van der Waals surface area contributed by atoms with Crippen LogP contribution in [0.5, 0.6) is 0 Å². The van der Waals surface area contributed by atoms with Crippen molar-refractivity contribution in [3.63, 3.8) is 0 Å². The maximum Gasteiger partial charge on any atom is 0.156 e. The van der Waals surface area contributed by atoms with Gasteiger partial charge in [-0.25, -0.2) is 0 Å². The third-order valence-corrected chi connectivity index (χ3v) is 5.10. The summed E-state index contributed by atoms with van der Waals surface area (Å²) in [6.07, 6.45) is 2.65. The van der Waals surface area contributed by atoms with Crippen LogP contribution in [0.3, 0.4) is 0 Å². The highest BCUT2D eigenvalue weighted by Crippen LogP contribution is 2.27. The van der Waals surface area contributed by atoms with Gasteiger partial charge in [-0.2, -0.15) is 0 Å². The average molecular weight is 255 g/mol. The highest BCUT2D eigenvalue weighted by atomic mass is 32.2. The molecular formula is C13H25N3S. The first-order valence-electron chi connectivity index (χ1n) is 6.65. The molecule has 0 aromatic heterocycles. The number of aliphatic imine (C=N–C) groups is 1. The summed E-state index contributed by atoms with van der Waals surface area (Å²) in [6.45, 7) is 9.16. The summed E-state index contributed by atoms with van der Waals surface area (Å²) in [5, 5.41) is 4.71. The number of rotatable bonds is 2. The number of hydrogen-bond donors (Lipinski definition) is 1. The van der Waals surface area contributed by atoms with Gasteiger partial charge >= 0.3 is 0 Å². The van der Waals surface area contributed by atoms with E-state index >= 15 is 0 Å². The van der Waals surface area contributed by atoms with Crippen LogP contribution in [0.25, 0.3) is 0 Å². The predicted octanol–water partition coefficient (Wildman–Crippen LogP) is 2.05. The number of piperidine rings is 1. The molecule has 0 aromatic carbocycles. The molecule has 0 amide bonds. The van der Waals surface area contributed by atoms with Gasteiger partial charge in [-0.1, -0.05) is 25.6 Å². The Morgan fingerprint density at radius 3 is 2.71 bits per heavy atom. The second-order valence-electron chi connectivity index (χ2n) is 6.20. The van der Waals surface area contributed by atoms with Gasteiger partial charge in [0, 0.05) is 18.8 Å². The molecule has 0 spiro atoms. The summed E-state index contributed by atoms with van der Waals surface area (Å²) in [4.78, 5) is 7.06. The van der Waals surface area contributed by atoms with E-state index in [0.29, 0.717) is 5.41 Å². The van der Waals surface area contributed by atoms with Crippen LogP contribution >= 0.6 is 11.8 Å². The summed E-state index contributed by atoms with van der Waals surface area (Å²) in [5.41, 5.74) is 0.378. The van der Waals surface area contributed by atoms with E-state index in [0.717, 1.165) is 19.0 Å². The summed E-state index contributed by atoms with van der Waals surface area (Å²) >= 11 is 1.89. The van der Waals surface area contributed by atoms with E-state index < -0.39 is 0 Å². The maximum absolute atomic E-state index is 4.64. The number of nitrogens with zero attached hydrogens (tertiary/aromatic N) is 2. The summed E-state index contributed by atoms with van der Waals surface area (Å²) in [7, 11) is 2.22. The standard InChI is InChI=1S/C13H25N3S/c1-13(2)9-15-12(17-10-13)14-8-11-4-6-16(3)7-5-11/h11H,4-10H2,1-3H3,(H,14,15). The van der Waals surface area contributed by atoms with Crippen molar-refractivity contribution < 1.29 is 0 Å². The van der Waals surface area contributed by atoms with Crippen molar-refractivity contribution in [2.75, 3.05) is 39.0 Å². The molecule has 17 heavy (non-hydrogen) atoms. The zero-order chi connectivity index (χ0) is 12.3. The first-order chi connectivity index (χ1) is 8.05. The van der Waals surface area contributed by atoms with Crippen LogP contribution in [-0.2, 0) is 0 Å². The molecule has 0 aliphatic carbocycles. The molecule has 2 rings (SSSR count). The summed E-state index contributed by atoms with van der Waals surface area (Å²) in [5.74, 6) is 2.02. The van der Waals surface area contributed by atoms with Gasteiger partial charge in [0.15, 0.2) is 5.17 Å². The van der Waals surface area contributed by atoms with E-state index in [-0.39, 0.29) is 0 Å². The van der Waals surface area contributed by atoms with Crippen molar-refractivity contribution >= 4 is 16.9 Å². The quantitative estimate of drug-likeness (QED) is 0.818. The fourth-order valence-corrected chi connectivity index (χ4v) is 3.21. The topological polar surface area (TPSA) is 27.6 Å². The largest absolute Gasteiger partial charge is 0.365 e. The molecule has 0 bridgehead atoms. The molecule has 2 heterocycles. The second kappa shape index (κ2) is 5.61. The molecule has 0 radical (unpaired) electrons. The Balaban J connectivity index is 1.70. The van der Waals surface area contributed by atoms with E-state index in [1.807, 2.05) is 11.8 Å². The van der Waals surface area contributed by atoms with Gasteiger partial charge in [0.05, 0.1) is 0 Å². The third-order valence-electron chi connectivity index (χ3n) is 3.63. The van der Waals surface area contributed by atoms with Crippen LogP contribution < -0.4 is 5.32 Å². The third kappa shape index (κ3) is 4.18. The van der Waals surface area contributed by atoms with Crippen molar-refractivity contribution in [3.8, 4) is 0 Å². The Hall–Kier alpha value is -0.220. The van der Waals surface area contributed by atoms with Gasteiger partial charge in [0.25, 0.3) is 0 Å². The van der Waals surface area contributed by atoms with E-state index in [4.69, 9.17) is 0 Å². The Bertz CT molecular complexity index is 280. The van der Waals surface area contributed by atoms with Gasteiger partial charge in [-0.3, -0.25) is 4.99 Å². The van der Waals surface area contributed by atoms with Crippen LogP contribution in [0.15, 0.2) is 4.99 Å². The highest BCUT2D eigenvalue weighted by Gasteiger charge is 2.24. The second-order valence-corrected chi connectivity index (χ2v) is 7.17. The van der Waals surface area contributed by atoms with Crippen molar-refractivity contribution in [1.82, 2.24) is 10.2 Å². The monoisotopic (exact) mass is 255 g/mol. The molecule has 98 valence electrons. The van der Waals surface area contributed by atoms with Gasteiger partial charge in [-0.15, -0.1) is 0 Å². The first-order valence-corrected chi connectivity index (χ1v) is 7.63. The molecule has 3 nitrogen and oxygen atoms in total. The molecule has 2 aliphatic rings. The van der Waals surface area contributed by atoms with E-state index in [1.54, 1.807) is 0 Å². The number of likely N-dealkylation sites (tertiary alicyclic amines) is 1. The minimum Gasteiger partial charge on any atom is -0.365 e. The zero-order valence-corrected chi connectivity index (χ0v) is 12.1. The lowest BCUT2D eigenvalue weighted by molar-refractivity contribution is 0.220. The SMILES string of the molecule is CN1CCC(CNC2=NCC(C)(C)CS2)CC1. The van der Waals surface area contributed by atoms with E-state index in [9.17, 15) is 0 Å². The Morgan fingerprint density at radius 2 is 2.12 bits per heavy atom. The normalized spacial score (nSPS) is 26.6. The molecule has 0 aromatic rings. The van der Waals surface area contributed by atoms with Gasteiger partial charge in [-0.05, 0) is 44.3 Å². The Kier molecular flexibility index (Phi) is 4.36. The highest BCUT2D eigenvalue weighted by molar-refractivity contribution is 8.13. The predicted molar refractivity (Wildman–Crippen MR) is 76.8 cm³/mol. The lowest BCUT2D eigenvalue weighted by Gasteiger charge is -2.31. The fourth-order valence-electron chi connectivity index (χ4n) is 2.25. The number of nitrogens with one attached hydrogen (secondary N) is 1. The first kappa shape index (κ1) is 13.2. The van der Waals surface area contributed by atoms with Crippen molar-refractivity contribution in [3.05, 3.63) is 0 Å². The molecule has 0 unspecified atom stereocenters. The number of thioether (sulfide) groups is 1. The molecule has 0 saturated carbocycles. The van der Waals surface area contributed by atoms with Gasteiger partial charge < -0.3 is 10.2 Å². The zero-order valence-electron chi connectivity index (χ0n) is 11.3. The van der Waals surface area contributed by atoms with Crippen LogP contribution in [-0.4, -0.2) is 49.0 Å². The molecule has 0 atom stereocenters. The van der Waals surface area contributed by atoms with Crippen molar-refractivity contribution in [2.45, 2.75) is 26.7 Å². The van der Waals surface area contributed by atoms with E-state index in [1.165, 1.54) is 36.9 Å². The minimum atomic E-state index is 0.378. The molecule has 2 aliphatic heterocycles. The Morgan fingerprint density at radius 1 is 1.41 bits per heavy atom.